The van der Waals surface area contributed by atoms with Crippen molar-refractivity contribution < 1.29 is 14.6 Å². The van der Waals surface area contributed by atoms with Crippen LogP contribution in [0.3, 0.4) is 0 Å². The molecule has 31 heavy (non-hydrogen) atoms. The van der Waals surface area contributed by atoms with Crippen LogP contribution in [0.1, 0.15) is 43.2 Å². The van der Waals surface area contributed by atoms with Crippen molar-refractivity contribution in [2.24, 2.45) is 0 Å². The standard InChI is InChI=1S/C26H38N2O3/c1-30-25-13-12-23(19-27-15-14-22-10-6-5-7-11-22)18-26(25)31-21-24(29)20-28-16-8-3-2-4-9-17-28/h5-7,10-13,18,24,27,29H,2-4,8-9,14-17,19-21H2,1H3. The second-order valence-electron chi connectivity index (χ2n) is 8.43. The molecule has 2 N–H and O–H groups in total. The highest BCUT2D eigenvalue weighted by Crippen LogP contribution is 2.28. The molecule has 1 heterocycles. The van der Waals surface area contributed by atoms with Gasteiger partial charge in [-0.05, 0) is 62.2 Å². The Morgan fingerprint density at radius 1 is 0.935 bits per heavy atom. The third-order valence-corrected chi connectivity index (χ3v) is 5.84. The Labute approximate surface area is 187 Å². The third kappa shape index (κ3) is 8.52. The van der Waals surface area contributed by atoms with Crippen LogP contribution in [0.4, 0.5) is 0 Å². The number of likely N-dealkylation sites (tertiary alicyclic amines) is 1. The first kappa shape index (κ1) is 23.6. The molecule has 0 radical (unpaired) electrons. The van der Waals surface area contributed by atoms with Crippen LogP contribution < -0.4 is 14.8 Å². The molecule has 0 bridgehead atoms. The summed E-state index contributed by atoms with van der Waals surface area (Å²) in [5, 5.41) is 14.0. The molecule has 0 spiro atoms. The summed E-state index contributed by atoms with van der Waals surface area (Å²) in [5.41, 5.74) is 2.48. The number of nitrogens with one attached hydrogen (secondary N) is 1. The molecule has 0 saturated carbocycles. The molecule has 0 aromatic heterocycles. The van der Waals surface area contributed by atoms with Crippen LogP contribution in [0.25, 0.3) is 0 Å². The summed E-state index contributed by atoms with van der Waals surface area (Å²) in [5.74, 6) is 1.39. The molecule has 5 heteroatoms. The smallest absolute Gasteiger partial charge is 0.161 e. The summed E-state index contributed by atoms with van der Waals surface area (Å²) < 4.78 is 11.4. The Hall–Kier alpha value is -2.08. The Kier molecular flexibility index (Phi) is 10.2. The first-order chi connectivity index (χ1) is 15.2. The number of aliphatic hydroxyl groups is 1. The Morgan fingerprint density at radius 3 is 2.42 bits per heavy atom. The molecule has 1 unspecified atom stereocenters. The van der Waals surface area contributed by atoms with Crippen molar-refractivity contribution in [2.75, 3.05) is 39.9 Å². The minimum atomic E-state index is -0.503. The van der Waals surface area contributed by atoms with Gasteiger partial charge in [0.1, 0.15) is 12.7 Å². The average Bonchev–Trinajstić information content (AvgIpc) is 2.78. The quantitative estimate of drug-likeness (QED) is 0.531. The lowest BCUT2D eigenvalue weighted by molar-refractivity contribution is 0.0644. The van der Waals surface area contributed by atoms with Crippen molar-refractivity contribution in [3.05, 3.63) is 59.7 Å². The fraction of sp³-hybridized carbons (Fsp3) is 0.538. The van der Waals surface area contributed by atoms with Crippen molar-refractivity contribution in [1.82, 2.24) is 10.2 Å². The lowest BCUT2D eigenvalue weighted by Gasteiger charge is -2.26. The number of benzene rings is 2. The number of rotatable bonds is 11. The van der Waals surface area contributed by atoms with Gasteiger partial charge in [-0.3, -0.25) is 0 Å². The summed E-state index contributed by atoms with van der Waals surface area (Å²) in [6.07, 6.45) is 6.89. The van der Waals surface area contributed by atoms with Crippen LogP contribution in [0.15, 0.2) is 48.5 Å². The zero-order chi connectivity index (χ0) is 21.7. The van der Waals surface area contributed by atoms with E-state index in [1.165, 1.54) is 37.7 Å². The number of hydrogen-bond acceptors (Lipinski definition) is 5. The SMILES string of the molecule is COc1ccc(CNCCc2ccccc2)cc1OCC(O)CN1CCCCCCC1. The highest BCUT2D eigenvalue weighted by Gasteiger charge is 2.15. The molecule has 5 nitrogen and oxygen atoms in total. The lowest BCUT2D eigenvalue weighted by Crippen LogP contribution is -2.37. The number of nitrogens with zero attached hydrogens (tertiary/aromatic N) is 1. The Bertz CT molecular complexity index is 746. The van der Waals surface area contributed by atoms with E-state index in [1.807, 2.05) is 18.2 Å². The van der Waals surface area contributed by atoms with Crippen LogP contribution in [0, 0.1) is 0 Å². The van der Waals surface area contributed by atoms with Crippen LogP contribution in [0.5, 0.6) is 11.5 Å². The van der Waals surface area contributed by atoms with Gasteiger partial charge in [0.15, 0.2) is 11.5 Å². The van der Waals surface area contributed by atoms with Gasteiger partial charge in [0.05, 0.1) is 7.11 Å². The number of β-amino-alcohol motifs (C(OH)–C–C–N with tert-alkyl or cyclic N) is 1. The average molecular weight is 427 g/mol. The third-order valence-electron chi connectivity index (χ3n) is 5.84. The molecular weight excluding hydrogens is 388 g/mol. The summed E-state index contributed by atoms with van der Waals surface area (Å²) in [4.78, 5) is 2.37. The van der Waals surface area contributed by atoms with Crippen molar-refractivity contribution in [3.8, 4) is 11.5 Å². The van der Waals surface area contributed by atoms with Crippen LogP contribution >= 0.6 is 0 Å². The fourth-order valence-electron chi connectivity index (χ4n) is 4.09. The summed E-state index contributed by atoms with van der Waals surface area (Å²) in [6.45, 7) is 4.78. The van der Waals surface area contributed by atoms with Crippen LogP contribution in [-0.4, -0.2) is 56.0 Å². The first-order valence-electron chi connectivity index (χ1n) is 11.7. The number of ether oxygens (including phenoxy) is 2. The molecule has 1 aliphatic heterocycles. The molecule has 1 fully saturated rings. The molecule has 1 atom stereocenters. The number of methoxy groups -OCH3 is 1. The molecule has 0 amide bonds. The van der Waals surface area contributed by atoms with E-state index in [9.17, 15) is 5.11 Å². The maximum atomic E-state index is 10.5. The minimum absolute atomic E-state index is 0.276. The summed E-state index contributed by atoms with van der Waals surface area (Å²) in [7, 11) is 1.65. The second kappa shape index (κ2) is 13.4. The maximum absolute atomic E-state index is 10.5. The second-order valence-corrected chi connectivity index (χ2v) is 8.43. The van der Waals surface area contributed by atoms with Gasteiger partial charge in [0.25, 0.3) is 0 Å². The van der Waals surface area contributed by atoms with E-state index in [2.05, 4.69) is 40.5 Å². The van der Waals surface area contributed by atoms with Gasteiger partial charge in [0.2, 0.25) is 0 Å². The van der Waals surface area contributed by atoms with E-state index in [4.69, 9.17) is 9.47 Å². The maximum Gasteiger partial charge on any atom is 0.161 e. The zero-order valence-corrected chi connectivity index (χ0v) is 18.9. The predicted octanol–water partition coefficient (Wildman–Crippen LogP) is 4.03. The first-order valence-corrected chi connectivity index (χ1v) is 11.7. The van der Waals surface area contributed by atoms with E-state index in [-0.39, 0.29) is 6.61 Å². The molecule has 1 aliphatic rings. The van der Waals surface area contributed by atoms with Crippen molar-refractivity contribution in [2.45, 2.75) is 51.2 Å². The van der Waals surface area contributed by atoms with Crippen LogP contribution in [0.2, 0.25) is 0 Å². The zero-order valence-electron chi connectivity index (χ0n) is 18.9. The van der Waals surface area contributed by atoms with Crippen molar-refractivity contribution >= 4 is 0 Å². The van der Waals surface area contributed by atoms with Gasteiger partial charge < -0.3 is 24.8 Å². The van der Waals surface area contributed by atoms with Crippen LogP contribution in [-0.2, 0) is 13.0 Å². The van der Waals surface area contributed by atoms with Crippen molar-refractivity contribution in [1.29, 1.82) is 0 Å². The van der Waals surface area contributed by atoms with Gasteiger partial charge >= 0.3 is 0 Å². The van der Waals surface area contributed by atoms with Gasteiger partial charge in [-0.2, -0.15) is 0 Å². The van der Waals surface area contributed by atoms with Gasteiger partial charge in [-0.15, -0.1) is 0 Å². The normalized spacial score (nSPS) is 16.3. The fourth-order valence-corrected chi connectivity index (χ4v) is 4.09. The molecule has 3 rings (SSSR count). The van der Waals surface area contributed by atoms with E-state index in [0.717, 1.165) is 38.2 Å². The molecule has 170 valence electrons. The topological polar surface area (TPSA) is 54.0 Å². The predicted molar refractivity (Wildman–Crippen MR) is 126 cm³/mol. The summed E-state index contributed by atoms with van der Waals surface area (Å²) in [6, 6.07) is 16.5. The molecule has 2 aromatic rings. The summed E-state index contributed by atoms with van der Waals surface area (Å²) >= 11 is 0. The van der Waals surface area contributed by atoms with E-state index >= 15 is 0 Å². The lowest BCUT2D eigenvalue weighted by atomic mass is 10.1. The van der Waals surface area contributed by atoms with E-state index in [0.29, 0.717) is 18.0 Å². The number of aliphatic hydroxyl groups excluding tert-OH is 1. The highest BCUT2D eigenvalue weighted by molar-refractivity contribution is 5.43. The largest absolute Gasteiger partial charge is 0.493 e. The minimum Gasteiger partial charge on any atom is -0.493 e. The molecule has 0 aliphatic carbocycles. The van der Waals surface area contributed by atoms with Gasteiger partial charge in [-0.1, -0.05) is 55.7 Å². The Balaban J connectivity index is 1.45. The molecular formula is C26H38N2O3. The monoisotopic (exact) mass is 426 g/mol. The van der Waals surface area contributed by atoms with Gasteiger partial charge in [0, 0.05) is 13.1 Å². The highest BCUT2D eigenvalue weighted by atomic mass is 16.5. The van der Waals surface area contributed by atoms with Crippen molar-refractivity contribution in [3.63, 3.8) is 0 Å². The van der Waals surface area contributed by atoms with E-state index < -0.39 is 6.10 Å². The number of hydrogen-bond donors (Lipinski definition) is 2. The van der Waals surface area contributed by atoms with Gasteiger partial charge in [-0.25, -0.2) is 0 Å². The van der Waals surface area contributed by atoms with E-state index in [1.54, 1.807) is 7.11 Å². The Morgan fingerprint density at radius 2 is 1.68 bits per heavy atom. The molecule has 2 aromatic carbocycles. The molecule has 1 saturated heterocycles.